The van der Waals surface area contributed by atoms with Crippen LogP contribution in [0.25, 0.3) is 0 Å². The van der Waals surface area contributed by atoms with Gasteiger partial charge in [-0.1, -0.05) is 0 Å². The van der Waals surface area contributed by atoms with E-state index in [2.05, 4.69) is 5.32 Å². The highest BCUT2D eigenvalue weighted by atomic mass is 16.5. The average Bonchev–Trinajstić information content (AvgIpc) is 2.36. The number of carboxylic acids is 1. The van der Waals surface area contributed by atoms with Gasteiger partial charge in [0, 0.05) is 20.2 Å². The van der Waals surface area contributed by atoms with Gasteiger partial charge in [-0.05, 0) is 26.7 Å². The third kappa shape index (κ3) is 5.75. The molecule has 0 bridgehead atoms. The highest BCUT2D eigenvalue weighted by Gasteiger charge is 2.27. The number of nitrogens with zero attached hydrogens (tertiary/aromatic N) is 1. The van der Waals surface area contributed by atoms with Crippen LogP contribution in [0.3, 0.4) is 0 Å². The summed E-state index contributed by atoms with van der Waals surface area (Å²) in [5.41, 5.74) is -0.414. The zero-order chi connectivity index (χ0) is 15.2. The summed E-state index contributed by atoms with van der Waals surface area (Å²) < 4.78 is 10.3. The minimum absolute atomic E-state index is 0.0814. The lowest BCUT2D eigenvalue weighted by Gasteiger charge is -2.34. The van der Waals surface area contributed by atoms with Crippen molar-refractivity contribution in [1.29, 1.82) is 0 Å². The second-order valence-electron chi connectivity index (χ2n) is 5.64. The summed E-state index contributed by atoms with van der Waals surface area (Å²) >= 11 is 0. The van der Waals surface area contributed by atoms with Crippen LogP contribution in [0.4, 0.5) is 4.79 Å². The van der Waals surface area contributed by atoms with E-state index in [9.17, 15) is 9.59 Å². The minimum atomic E-state index is -0.966. The van der Waals surface area contributed by atoms with Crippen LogP contribution >= 0.6 is 0 Å². The normalized spacial score (nSPS) is 17.1. The molecule has 0 atom stereocenters. The largest absolute Gasteiger partial charge is 0.480 e. The van der Waals surface area contributed by atoms with E-state index in [-0.39, 0.29) is 18.7 Å². The summed E-state index contributed by atoms with van der Waals surface area (Å²) in [7, 11) is 1.60. The number of carbonyl (C=O) groups is 2. The van der Waals surface area contributed by atoms with Crippen LogP contribution in [-0.2, 0) is 14.3 Å². The Morgan fingerprint density at radius 1 is 1.35 bits per heavy atom. The Balaban J connectivity index is 2.33. The lowest BCUT2D eigenvalue weighted by molar-refractivity contribution is -0.145. The molecule has 116 valence electrons. The molecule has 0 saturated carbocycles. The fourth-order valence-corrected chi connectivity index (χ4v) is 2.18. The van der Waals surface area contributed by atoms with Crippen molar-refractivity contribution in [1.82, 2.24) is 10.2 Å². The Labute approximate surface area is 119 Å². The molecule has 2 N–H and O–H groups in total. The molecule has 0 aromatic heterocycles. The van der Waals surface area contributed by atoms with Crippen LogP contribution in [0, 0.1) is 0 Å². The summed E-state index contributed by atoms with van der Waals surface area (Å²) in [6.07, 6.45) is 1.23. The quantitative estimate of drug-likeness (QED) is 0.750. The number of aliphatic carboxylic acids is 1. The number of amides is 2. The molecule has 7 heteroatoms. The first kappa shape index (κ1) is 16.7. The number of piperidine rings is 1. The van der Waals surface area contributed by atoms with Gasteiger partial charge >= 0.3 is 12.0 Å². The van der Waals surface area contributed by atoms with Crippen molar-refractivity contribution in [3.05, 3.63) is 0 Å². The van der Waals surface area contributed by atoms with E-state index in [1.54, 1.807) is 12.0 Å². The molecule has 0 unspecified atom stereocenters. The second kappa shape index (κ2) is 7.44. The maximum absolute atomic E-state index is 12.1. The highest BCUT2D eigenvalue weighted by molar-refractivity contribution is 5.75. The van der Waals surface area contributed by atoms with Gasteiger partial charge in [-0.3, -0.25) is 0 Å². The van der Waals surface area contributed by atoms with Crippen molar-refractivity contribution in [3.63, 3.8) is 0 Å². The zero-order valence-corrected chi connectivity index (χ0v) is 12.3. The van der Waals surface area contributed by atoms with Gasteiger partial charge in [-0.15, -0.1) is 0 Å². The van der Waals surface area contributed by atoms with Gasteiger partial charge in [0.15, 0.2) is 0 Å². The summed E-state index contributed by atoms with van der Waals surface area (Å²) in [6, 6.07) is -0.122. The average molecular weight is 288 g/mol. The van der Waals surface area contributed by atoms with Gasteiger partial charge < -0.3 is 24.8 Å². The number of rotatable bonds is 6. The fraction of sp³-hybridized carbons (Fsp3) is 0.846. The highest BCUT2D eigenvalue weighted by Crippen LogP contribution is 2.14. The van der Waals surface area contributed by atoms with E-state index in [4.69, 9.17) is 14.6 Å². The topological polar surface area (TPSA) is 88.1 Å². The lowest BCUT2D eigenvalue weighted by atomic mass is 10.1. The van der Waals surface area contributed by atoms with Crippen LogP contribution < -0.4 is 5.32 Å². The minimum Gasteiger partial charge on any atom is -0.480 e. The lowest BCUT2D eigenvalue weighted by Crippen LogP contribution is -2.54. The summed E-state index contributed by atoms with van der Waals surface area (Å²) in [5.74, 6) is -0.966. The van der Waals surface area contributed by atoms with Crippen LogP contribution in [0.15, 0.2) is 0 Å². The van der Waals surface area contributed by atoms with E-state index >= 15 is 0 Å². The molecule has 1 rings (SSSR count). The molecular formula is C13H24N2O5. The van der Waals surface area contributed by atoms with E-state index < -0.39 is 11.5 Å². The van der Waals surface area contributed by atoms with E-state index in [0.717, 1.165) is 0 Å². The first-order valence-electron chi connectivity index (χ1n) is 6.73. The van der Waals surface area contributed by atoms with Gasteiger partial charge in [0.25, 0.3) is 0 Å². The fourth-order valence-electron chi connectivity index (χ4n) is 2.18. The maximum atomic E-state index is 12.1. The Hall–Kier alpha value is -1.34. The number of nitrogens with one attached hydrogen (secondary N) is 1. The molecule has 1 fully saturated rings. The number of urea groups is 1. The number of hydrogen-bond acceptors (Lipinski definition) is 4. The molecule has 0 radical (unpaired) electrons. The number of carbonyl (C=O) groups excluding carboxylic acids is 1. The second-order valence-corrected chi connectivity index (χ2v) is 5.64. The molecule has 0 aromatic carbocycles. The molecular weight excluding hydrogens is 264 g/mol. The smallest absolute Gasteiger partial charge is 0.329 e. The molecule has 1 saturated heterocycles. The van der Waals surface area contributed by atoms with Crippen LogP contribution in [0.2, 0.25) is 0 Å². The Morgan fingerprint density at radius 3 is 2.45 bits per heavy atom. The standard InChI is InChI=1S/C13H24N2O5/c1-13(2,9-19-3)14-12(18)15-6-4-10(5-7-15)20-8-11(16)17/h10H,4-9H2,1-3H3,(H,14,18)(H,16,17). The predicted octanol–water partition coefficient (Wildman–Crippen LogP) is 0.687. The van der Waals surface area contributed by atoms with E-state index in [1.165, 1.54) is 0 Å². The van der Waals surface area contributed by atoms with Crippen molar-refractivity contribution in [3.8, 4) is 0 Å². The Bertz CT molecular complexity index is 338. The molecule has 2 amide bonds. The zero-order valence-electron chi connectivity index (χ0n) is 12.3. The van der Waals surface area contributed by atoms with Crippen molar-refractivity contribution >= 4 is 12.0 Å². The van der Waals surface area contributed by atoms with Crippen LogP contribution in [0.5, 0.6) is 0 Å². The number of ether oxygens (including phenoxy) is 2. The van der Waals surface area contributed by atoms with Crippen LogP contribution in [0.1, 0.15) is 26.7 Å². The number of likely N-dealkylation sites (tertiary alicyclic amines) is 1. The molecule has 0 aromatic rings. The third-order valence-corrected chi connectivity index (χ3v) is 3.12. The van der Waals surface area contributed by atoms with Gasteiger partial charge in [0.05, 0.1) is 18.2 Å². The number of carboxylic acid groups (broad SMARTS) is 1. The molecule has 0 spiro atoms. The summed E-state index contributed by atoms with van der Waals surface area (Å²) in [4.78, 5) is 24.2. The Kier molecular flexibility index (Phi) is 6.22. The number of methoxy groups -OCH3 is 1. The van der Waals surface area contributed by atoms with Gasteiger partial charge in [0.1, 0.15) is 6.61 Å². The monoisotopic (exact) mass is 288 g/mol. The van der Waals surface area contributed by atoms with Crippen molar-refractivity contribution in [2.75, 3.05) is 33.4 Å². The van der Waals surface area contributed by atoms with Gasteiger partial charge in [0.2, 0.25) is 0 Å². The van der Waals surface area contributed by atoms with E-state index in [0.29, 0.717) is 32.5 Å². The van der Waals surface area contributed by atoms with Crippen molar-refractivity contribution in [2.45, 2.75) is 38.3 Å². The summed E-state index contributed by atoms with van der Waals surface area (Å²) in [6.45, 7) is 5.10. The maximum Gasteiger partial charge on any atom is 0.329 e. The van der Waals surface area contributed by atoms with Gasteiger partial charge in [-0.2, -0.15) is 0 Å². The number of hydrogen-bond donors (Lipinski definition) is 2. The Morgan fingerprint density at radius 2 is 1.95 bits per heavy atom. The van der Waals surface area contributed by atoms with E-state index in [1.807, 2.05) is 13.8 Å². The molecule has 1 aliphatic rings. The van der Waals surface area contributed by atoms with Crippen molar-refractivity contribution < 1.29 is 24.2 Å². The molecule has 1 aliphatic heterocycles. The SMILES string of the molecule is COCC(C)(C)NC(=O)N1CCC(OCC(=O)O)CC1. The molecule has 20 heavy (non-hydrogen) atoms. The van der Waals surface area contributed by atoms with Crippen molar-refractivity contribution in [2.24, 2.45) is 0 Å². The van der Waals surface area contributed by atoms with Gasteiger partial charge in [-0.25, -0.2) is 9.59 Å². The first-order valence-corrected chi connectivity index (χ1v) is 6.73. The molecule has 7 nitrogen and oxygen atoms in total. The summed E-state index contributed by atoms with van der Waals surface area (Å²) in [5, 5.41) is 11.5. The predicted molar refractivity (Wildman–Crippen MR) is 72.7 cm³/mol. The first-order chi connectivity index (χ1) is 9.34. The molecule has 0 aliphatic carbocycles. The van der Waals surface area contributed by atoms with Crippen LogP contribution in [-0.4, -0.2) is 67.1 Å². The third-order valence-electron chi connectivity index (χ3n) is 3.12. The molecule has 1 heterocycles.